The predicted molar refractivity (Wildman–Crippen MR) is 80.9 cm³/mol. The van der Waals surface area contributed by atoms with Crippen molar-refractivity contribution < 1.29 is 5.11 Å². The summed E-state index contributed by atoms with van der Waals surface area (Å²) in [7, 11) is 0. The van der Waals surface area contributed by atoms with Crippen LogP contribution in [0.1, 0.15) is 24.6 Å². The van der Waals surface area contributed by atoms with Crippen LogP contribution in [0.2, 0.25) is 5.02 Å². The number of aromatic amines is 1. The van der Waals surface area contributed by atoms with Gasteiger partial charge in [-0.1, -0.05) is 11.6 Å². The predicted octanol–water partition coefficient (Wildman–Crippen LogP) is 3.03. The highest BCUT2D eigenvalue weighted by molar-refractivity contribution is 6.31. The van der Waals surface area contributed by atoms with E-state index in [9.17, 15) is 0 Å². The number of fused-ring (bicyclic) bond motifs is 1. The Balaban J connectivity index is 2.07. The molecule has 3 nitrogen and oxygen atoms in total. The summed E-state index contributed by atoms with van der Waals surface area (Å²) in [6.45, 7) is 5.33. The summed E-state index contributed by atoms with van der Waals surface area (Å²) in [6.07, 6.45) is 1.75. The first-order valence-electron chi connectivity index (χ1n) is 6.72. The molecule has 0 spiro atoms. The van der Waals surface area contributed by atoms with Gasteiger partial charge in [0.05, 0.1) is 0 Å². The average molecular weight is 281 g/mol. The highest BCUT2D eigenvalue weighted by Gasteiger charge is 2.09. The molecule has 0 aliphatic carbocycles. The van der Waals surface area contributed by atoms with Crippen LogP contribution in [0.5, 0.6) is 0 Å². The van der Waals surface area contributed by atoms with Gasteiger partial charge in [0.1, 0.15) is 0 Å². The molecule has 1 aromatic carbocycles. The molecular formula is C15H21ClN2O. The molecule has 0 aliphatic heterocycles. The normalized spacial score (nSPS) is 13.1. The number of halogens is 1. The number of nitrogens with one attached hydrogen (secondary N) is 2. The maximum atomic E-state index is 8.88. The van der Waals surface area contributed by atoms with Gasteiger partial charge in [-0.05, 0) is 57.0 Å². The summed E-state index contributed by atoms with van der Waals surface area (Å²) in [5, 5.41) is 14.3. The maximum absolute atomic E-state index is 8.88. The third kappa shape index (κ3) is 3.50. The minimum absolute atomic E-state index is 0.232. The van der Waals surface area contributed by atoms with Crippen LogP contribution >= 0.6 is 11.6 Å². The van der Waals surface area contributed by atoms with Crippen LogP contribution in [0, 0.1) is 6.92 Å². The minimum atomic E-state index is 0.232. The number of hydrogen-bond donors (Lipinski definition) is 3. The Bertz CT molecular complexity index is 550. The molecular weight excluding hydrogens is 260 g/mol. The first-order valence-corrected chi connectivity index (χ1v) is 7.10. The largest absolute Gasteiger partial charge is 0.396 e. The van der Waals surface area contributed by atoms with Crippen molar-refractivity contribution in [3.63, 3.8) is 0 Å². The van der Waals surface area contributed by atoms with Crippen LogP contribution in [-0.4, -0.2) is 29.3 Å². The fourth-order valence-electron chi connectivity index (χ4n) is 2.42. The number of aliphatic hydroxyl groups is 1. The summed E-state index contributed by atoms with van der Waals surface area (Å²) in [4.78, 5) is 3.39. The van der Waals surface area contributed by atoms with Crippen LogP contribution in [0.4, 0.5) is 0 Å². The second-order valence-electron chi connectivity index (χ2n) is 5.04. The highest BCUT2D eigenvalue weighted by Crippen LogP contribution is 2.25. The van der Waals surface area contributed by atoms with Gasteiger partial charge in [0.25, 0.3) is 0 Å². The third-order valence-electron chi connectivity index (χ3n) is 3.51. The zero-order valence-corrected chi connectivity index (χ0v) is 12.2. The van der Waals surface area contributed by atoms with Gasteiger partial charge in [-0.15, -0.1) is 0 Å². The summed E-state index contributed by atoms with van der Waals surface area (Å²) in [5.41, 5.74) is 3.66. The second kappa shape index (κ2) is 6.42. The molecule has 3 N–H and O–H groups in total. The molecule has 0 bridgehead atoms. The number of aliphatic hydroxyl groups excluding tert-OH is 1. The van der Waals surface area contributed by atoms with Crippen LogP contribution in [-0.2, 0) is 6.42 Å². The lowest BCUT2D eigenvalue weighted by atomic mass is 10.1. The Hall–Kier alpha value is -1.03. The van der Waals surface area contributed by atoms with Gasteiger partial charge >= 0.3 is 0 Å². The Kier molecular flexibility index (Phi) is 4.86. The van der Waals surface area contributed by atoms with E-state index in [4.69, 9.17) is 16.7 Å². The summed E-state index contributed by atoms with van der Waals surface area (Å²) in [5.74, 6) is 0. The lowest BCUT2D eigenvalue weighted by Crippen LogP contribution is -2.28. The number of rotatable bonds is 6. The second-order valence-corrected chi connectivity index (χ2v) is 5.47. The monoisotopic (exact) mass is 280 g/mol. The first kappa shape index (κ1) is 14.4. The number of benzene rings is 1. The number of aromatic nitrogens is 1. The van der Waals surface area contributed by atoms with E-state index in [-0.39, 0.29) is 6.61 Å². The third-order valence-corrected chi connectivity index (χ3v) is 3.75. The standard InChI is InChI=1S/C15H21ClN2O/c1-10(6-8-19)17-7-5-13-11(2)18-15-4-3-12(16)9-14(13)15/h3-4,9-10,17-19H,5-8H2,1-2H3. The molecule has 1 heterocycles. The van der Waals surface area contributed by atoms with Gasteiger partial charge in [-0.3, -0.25) is 0 Å². The summed E-state index contributed by atoms with van der Waals surface area (Å²) in [6, 6.07) is 6.30. The molecule has 0 saturated carbocycles. The highest BCUT2D eigenvalue weighted by atomic mass is 35.5. The van der Waals surface area contributed by atoms with Gasteiger partial charge in [0, 0.05) is 34.3 Å². The van der Waals surface area contributed by atoms with Gasteiger partial charge in [0.2, 0.25) is 0 Å². The number of H-pyrrole nitrogens is 1. The molecule has 0 fully saturated rings. The van der Waals surface area contributed by atoms with E-state index in [0.717, 1.165) is 29.9 Å². The molecule has 104 valence electrons. The topological polar surface area (TPSA) is 48.0 Å². The molecule has 2 rings (SSSR count). The number of hydrogen-bond acceptors (Lipinski definition) is 2. The molecule has 1 unspecified atom stereocenters. The van der Waals surface area contributed by atoms with Gasteiger partial charge in [-0.2, -0.15) is 0 Å². The van der Waals surface area contributed by atoms with Crippen molar-refractivity contribution in [2.45, 2.75) is 32.7 Å². The Morgan fingerprint density at radius 1 is 1.42 bits per heavy atom. The van der Waals surface area contributed by atoms with Gasteiger partial charge in [-0.25, -0.2) is 0 Å². The molecule has 2 aromatic rings. The molecule has 1 atom stereocenters. The summed E-state index contributed by atoms with van der Waals surface area (Å²) >= 11 is 6.07. The molecule has 0 amide bonds. The van der Waals surface area contributed by atoms with Crippen molar-refractivity contribution in [1.82, 2.24) is 10.3 Å². The first-order chi connectivity index (χ1) is 9.11. The fraction of sp³-hybridized carbons (Fsp3) is 0.467. The van der Waals surface area contributed by atoms with Crippen LogP contribution < -0.4 is 5.32 Å². The molecule has 0 aliphatic rings. The molecule has 1 aromatic heterocycles. The van der Waals surface area contributed by atoms with Gasteiger partial charge in [0.15, 0.2) is 0 Å². The van der Waals surface area contributed by atoms with Crippen molar-refractivity contribution in [2.75, 3.05) is 13.2 Å². The number of aryl methyl sites for hydroxylation is 1. The quantitative estimate of drug-likeness (QED) is 0.762. The molecule has 0 saturated heterocycles. The van der Waals surface area contributed by atoms with Crippen LogP contribution in [0.3, 0.4) is 0 Å². The van der Waals surface area contributed by atoms with Crippen LogP contribution in [0.25, 0.3) is 10.9 Å². The zero-order chi connectivity index (χ0) is 13.8. The van der Waals surface area contributed by atoms with E-state index < -0.39 is 0 Å². The van der Waals surface area contributed by atoms with E-state index in [0.29, 0.717) is 6.04 Å². The fourth-order valence-corrected chi connectivity index (χ4v) is 2.59. The maximum Gasteiger partial charge on any atom is 0.0459 e. The lowest BCUT2D eigenvalue weighted by Gasteiger charge is -2.12. The Morgan fingerprint density at radius 2 is 2.21 bits per heavy atom. The van der Waals surface area contributed by atoms with Crippen molar-refractivity contribution >= 4 is 22.5 Å². The zero-order valence-electron chi connectivity index (χ0n) is 11.5. The van der Waals surface area contributed by atoms with Gasteiger partial charge < -0.3 is 15.4 Å². The van der Waals surface area contributed by atoms with Crippen molar-refractivity contribution in [3.05, 3.63) is 34.5 Å². The van der Waals surface area contributed by atoms with E-state index in [2.05, 4.69) is 24.1 Å². The van der Waals surface area contributed by atoms with Crippen molar-refractivity contribution in [1.29, 1.82) is 0 Å². The minimum Gasteiger partial charge on any atom is -0.396 e. The van der Waals surface area contributed by atoms with Crippen molar-refractivity contribution in [2.24, 2.45) is 0 Å². The van der Waals surface area contributed by atoms with E-state index in [1.165, 1.54) is 16.6 Å². The van der Waals surface area contributed by atoms with Crippen molar-refractivity contribution in [3.8, 4) is 0 Å². The average Bonchev–Trinajstić information content (AvgIpc) is 2.66. The van der Waals surface area contributed by atoms with E-state index in [1.807, 2.05) is 18.2 Å². The summed E-state index contributed by atoms with van der Waals surface area (Å²) < 4.78 is 0. The molecule has 19 heavy (non-hydrogen) atoms. The SMILES string of the molecule is Cc1[nH]c2ccc(Cl)cc2c1CCNC(C)CCO. The van der Waals surface area contributed by atoms with E-state index in [1.54, 1.807) is 0 Å². The van der Waals surface area contributed by atoms with Crippen LogP contribution in [0.15, 0.2) is 18.2 Å². The smallest absolute Gasteiger partial charge is 0.0459 e. The lowest BCUT2D eigenvalue weighted by molar-refractivity contribution is 0.269. The molecule has 4 heteroatoms. The van der Waals surface area contributed by atoms with E-state index >= 15 is 0 Å². The Morgan fingerprint density at radius 3 is 2.95 bits per heavy atom. The molecule has 0 radical (unpaired) electrons. The Labute approximate surface area is 119 Å².